The number of rotatable bonds is 6. The van der Waals surface area contributed by atoms with Crippen LogP contribution < -0.4 is 14.8 Å². The molecule has 1 amide bonds. The van der Waals surface area contributed by atoms with Gasteiger partial charge in [-0.3, -0.25) is 9.59 Å². The van der Waals surface area contributed by atoms with E-state index < -0.39 is 18.0 Å². The Morgan fingerprint density at radius 2 is 1.97 bits per heavy atom. The van der Waals surface area contributed by atoms with Crippen molar-refractivity contribution in [1.29, 1.82) is 0 Å². The van der Waals surface area contributed by atoms with Crippen molar-refractivity contribution >= 4 is 11.9 Å². The van der Waals surface area contributed by atoms with Gasteiger partial charge in [-0.2, -0.15) is 0 Å². The van der Waals surface area contributed by atoms with Crippen molar-refractivity contribution in [2.75, 3.05) is 13.3 Å². The van der Waals surface area contributed by atoms with Crippen LogP contribution in [0.25, 0.3) is 11.5 Å². The second kappa shape index (κ2) is 8.24. The summed E-state index contributed by atoms with van der Waals surface area (Å²) in [6, 6.07) is 12.4. The second-order valence-electron chi connectivity index (χ2n) is 6.70. The summed E-state index contributed by atoms with van der Waals surface area (Å²) >= 11 is 0. The Hall–Kier alpha value is -3.88. The maximum Gasteiger partial charge on any atom is 0.326 e. The first-order valence-electron chi connectivity index (χ1n) is 9.27. The minimum absolute atomic E-state index is 0.117. The average molecular weight is 409 g/mol. The number of esters is 1. The van der Waals surface area contributed by atoms with E-state index in [1.807, 2.05) is 31.2 Å². The Morgan fingerprint density at radius 1 is 1.13 bits per heavy atom. The zero-order valence-corrected chi connectivity index (χ0v) is 16.4. The van der Waals surface area contributed by atoms with Gasteiger partial charge in [0, 0.05) is 11.1 Å². The number of nitrogens with one attached hydrogen (secondary N) is 1. The maximum absolute atomic E-state index is 12.2. The van der Waals surface area contributed by atoms with E-state index in [1.54, 1.807) is 25.1 Å². The second-order valence-corrected chi connectivity index (χ2v) is 6.70. The molecule has 0 spiro atoms. The molecule has 1 aromatic heterocycles. The van der Waals surface area contributed by atoms with Crippen molar-refractivity contribution in [2.45, 2.75) is 20.0 Å². The molecule has 154 valence electrons. The van der Waals surface area contributed by atoms with Gasteiger partial charge in [-0.1, -0.05) is 17.7 Å². The Morgan fingerprint density at radius 3 is 2.80 bits per heavy atom. The maximum atomic E-state index is 12.2. The fourth-order valence-electron chi connectivity index (χ4n) is 2.88. The van der Waals surface area contributed by atoms with E-state index in [0.717, 1.165) is 11.1 Å². The lowest BCUT2D eigenvalue weighted by Crippen LogP contribution is -2.31. The molecule has 2 heterocycles. The van der Waals surface area contributed by atoms with Gasteiger partial charge in [-0.25, -0.2) is 0 Å². The minimum Gasteiger partial charge on any atom is -0.454 e. The molecule has 0 fully saturated rings. The van der Waals surface area contributed by atoms with Crippen LogP contribution in [0.4, 0.5) is 0 Å². The monoisotopic (exact) mass is 409 g/mol. The van der Waals surface area contributed by atoms with Gasteiger partial charge in [-0.05, 0) is 44.2 Å². The van der Waals surface area contributed by atoms with Gasteiger partial charge >= 0.3 is 5.97 Å². The predicted octanol–water partition coefficient (Wildman–Crippen LogP) is 2.81. The van der Waals surface area contributed by atoms with Crippen LogP contribution in [0.1, 0.15) is 34.8 Å². The van der Waals surface area contributed by atoms with Crippen LogP contribution in [0.5, 0.6) is 11.5 Å². The lowest BCUT2D eigenvalue weighted by Gasteiger charge is -2.10. The molecule has 9 nitrogen and oxygen atoms in total. The van der Waals surface area contributed by atoms with Gasteiger partial charge in [0.15, 0.2) is 17.6 Å². The summed E-state index contributed by atoms with van der Waals surface area (Å²) in [5, 5.41) is 10.5. The molecular weight excluding hydrogens is 390 g/mol. The van der Waals surface area contributed by atoms with Crippen LogP contribution >= 0.6 is 0 Å². The molecule has 0 saturated carbocycles. The van der Waals surface area contributed by atoms with Crippen molar-refractivity contribution in [3.05, 3.63) is 59.5 Å². The summed E-state index contributed by atoms with van der Waals surface area (Å²) in [4.78, 5) is 24.3. The Labute approximate surface area is 172 Å². The van der Waals surface area contributed by atoms with Crippen LogP contribution in [0.3, 0.4) is 0 Å². The van der Waals surface area contributed by atoms with E-state index in [9.17, 15) is 9.59 Å². The van der Waals surface area contributed by atoms with E-state index in [4.69, 9.17) is 18.6 Å². The Balaban J connectivity index is 1.31. The van der Waals surface area contributed by atoms with E-state index in [1.165, 1.54) is 0 Å². The average Bonchev–Trinajstić information content (AvgIpc) is 3.41. The summed E-state index contributed by atoms with van der Waals surface area (Å²) in [5.41, 5.74) is 2.19. The third kappa shape index (κ3) is 4.24. The number of fused-ring (bicyclic) bond motifs is 1. The van der Waals surface area contributed by atoms with E-state index in [2.05, 4.69) is 15.5 Å². The van der Waals surface area contributed by atoms with Crippen molar-refractivity contribution in [3.63, 3.8) is 0 Å². The van der Waals surface area contributed by atoms with Crippen LogP contribution in [0.2, 0.25) is 0 Å². The van der Waals surface area contributed by atoms with Gasteiger partial charge in [0.1, 0.15) is 6.54 Å². The first kappa shape index (κ1) is 19.4. The summed E-state index contributed by atoms with van der Waals surface area (Å²) in [6.07, 6.45) is -0.758. The van der Waals surface area contributed by atoms with Gasteiger partial charge in [0.05, 0.1) is 0 Å². The molecular formula is C21H19N3O6. The van der Waals surface area contributed by atoms with Crippen LogP contribution in [-0.4, -0.2) is 35.4 Å². The topological polar surface area (TPSA) is 113 Å². The fourth-order valence-corrected chi connectivity index (χ4v) is 2.88. The minimum atomic E-state index is -0.758. The molecule has 1 aliphatic rings. The molecule has 3 aromatic rings. The first-order valence-corrected chi connectivity index (χ1v) is 9.27. The van der Waals surface area contributed by atoms with E-state index in [-0.39, 0.29) is 19.2 Å². The van der Waals surface area contributed by atoms with Gasteiger partial charge in [0.25, 0.3) is 11.8 Å². The molecule has 1 aliphatic heterocycles. The molecule has 9 heteroatoms. The number of hydrogen-bond acceptors (Lipinski definition) is 8. The lowest BCUT2D eigenvalue weighted by molar-refractivity contribution is -0.148. The third-order valence-electron chi connectivity index (χ3n) is 4.39. The smallest absolute Gasteiger partial charge is 0.326 e. The number of nitrogens with zero attached hydrogens (tertiary/aromatic N) is 2. The fraction of sp³-hybridized carbons (Fsp3) is 0.238. The lowest BCUT2D eigenvalue weighted by atomic mass is 10.1. The number of carbonyl (C=O) groups is 2. The highest BCUT2D eigenvalue weighted by atomic mass is 16.7. The molecule has 1 atom stereocenters. The Bertz CT molecular complexity index is 1090. The molecule has 4 rings (SSSR count). The molecule has 0 aliphatic carbocycles. The largest absolute Gasteiger partial charge is 0.454 e. The van der Waals surface area contributed by atoms with Crippen LogP contribution in [-0.2, 0) is 9.53 Å². The number of hydrogen-bond donors (Lipinski definition) is 1. The van der Waals surface area contributed by atoms with E-state index in [0.29, 0.717) is 23.0 Å². The highest BCUT2D eigenvalue weighted by molar-refractivity contribution is 5.96. The number of carbonyl (C=O) groups excluding carboxylic acids is 2. The number of aromatic nitrogens is 2. The normalized spacial score (nSPS) is 13.0. The highest BCUT2D eigenvalue weighted by Gasteiger charge is 2.20. The molecule has 0 saturated heterocycles. The van der Waals surface area contributed by atoms with Crippen molar-refractivity contribution < 1.29 is 28.2 Å². The molecule has 0 radical (unpaired) electrons. The van der Waals surface area contributed by atoms with Crippen molar-refractivity contribution in [1.82, 2.24) is 15.5 Å². The molecule has 1 N–H and O–H groups in total. The van der Waals surface area contributed by atoms with Crippen molar-refractivity contribution in [3.8, 4) is 23.0 Å². The summed E-state index contributed by atoms with van der Waals surface area (Å²) in [7, 11) is 0. The molecule has 0 bridgehead atoms. The highest BCUT2D eigenvalue weighted by Crippen LogP contribution is 2.32. The summed E-state index contributed by atoms with van der Waals surface area (Å²) in [5.74, 6) is 0.503. The SMILES string of the molecule is Cc1cccc(-c2nnc([C@H](C)OC(=O)CNC(=O)c3ccc4c(c3)OCO4)o2)c1. The van der Waals surface area contributed by atoms with Crippen LogP contribution in [0.15, 0.2) is 46.9 Å². The predicted molar refractivity (Wildman–Crippen MR) is 104 cm³/mol. The first-order chi connectivity index (χ1) is 14.5. The number of amides is 1. The van der Waals surface area contributed by atoms with E-state index >= 15 is 0 Å². The standard InChI is InChI=1S/C21H19N3O6/c1-12-4-3-5-15(8-12)21-24-23-20(30-21)13(2)29-18(25)10-22-19(26)14-6-7-16-17(9-14)28-11-27-16/h3-9,13H,10-11H2,1-2H3,(H,22,26)/t13-/m0/s1. The molecule has 0 unspecified atom stereocenters. The van der Waals surface area contributed by atoms with Gasteiger partial charge in [0.2, 0.25) is 12.7 Å². The quantitative estimate of drug-likeness (QED) is 0.619. The number of aryl methyl sites for hydroxylation is 1. The van der Waals surface area contributed by atoms with Crippen molar-refractivity contribution in [2.24, 2.45) is 0 Å². The third-order valence-corrected chi connectivity index (χ3v) is 4.39. The van der Waals surface area contributed by atoms with Gasteiger partial charge in [-0.15, -0.1) is 10.2 Å². The van der Waals surface area contributed by atoms with Gasteiger partial charge < -0.3 is 23.9 Å². The zero-order valence-electron chi connectivity index (χ0n) is 16.4. The molecule has 30 heavy (non-hydrogen) atoms. The van der Waals surface area contributed by atoms with Crippen LogP contribution in [0, 0.1) is 6.92 Å². The Kier molecular flexibility index (Phi) is 5.34. The summed E-state index contributed by atoms with van der Waals surface area (Å²) in [6.45, 7) is 3.39. The summed E-state index contributed by atoms with van der Waals surface area (Å²) < 4.78 is 21.3. The number of benzene rings is 2. The number of ether oxygens (including phenoxy) is 3. The zero-order chi connectivity index (χ0) is 21.1. The molecule has 2 aromatic carbocycles.